The van der Waals surface area contributed by atoms with E-state index in [0.717, 1.165) is 19.1 Å². The first-order valence-electron chi connectivity index (χ1n) is 6.83. The Bertz CT molecular complexity index is 519. The van der Waals surface area contributed by atoms with E-state index >= 15 is 0 Å². The SMILES string of the molecule is CS(=O)(=O)O[C@@H]1C[C@@H]2C=C[C@@H]3CC4(OCCO4)[C@@H]1[C@@H]32. The van der Waals surface area contributed by atoms with Gasteiger partial charge in [-0.05, 0) is 24.2 Å². The number of rotatable bonds is 2. The molecule has 19 heavy (non-hydrogen) atoms. The second kappa shape index (κ2) is 3.81. The fourth-order valence-electron chi connectivity index (χ4n) is 4.64. The Morgan fingerprint density at radius 2 is 1.89 bits per heavy atom. The van der Waals surface area contributed by atoms with Gasteiger partial charge in [0.25, 0.3) is 10.1 Å². The summed E-state index contributed by atoms with van der Waals surface area (Å²) in [5.41, 5.74) is 0. The number of ether oxygens (including phenoxy) is 2. The van der Waals surface area contributed by atoms with Gasteiger partial charge in [0, 0.05) is 12.3 Å². The van der Waals surface area contributed by atoms with Crippen molar-refractivity contribution in [2.45, 2.75) is 24.7 Å². The Morgan fingerprint density at radius 3 is 2.58 bits per heavy atom. The first kappa shape index (κ1) is 12.3. The zero-order chi connectivity index (χ0) is 13.3. The molecule has 0 N–H and O–H groups in total. The molecule has 1 heterocycles. The van der Waals surface area contributed by atoms with Crippen LogP contribution in [-0.2, 0) is 23.8 Å². The minimum Gasteiger partial charge on any atom is -0.347 e. The van der Waals surface area contributed by atoms with Gasteiger partial charge in [-0.3, -0.25) is 4.18 Å². The van der Waals surface area contributed by atoms with Gasteiger partial charge in [-0.15, -0.1) is 0 Å². The lowest BCUT2D eigenvalue weighted by Crippen LogP contribution is -2.42. The average Bonchev–Trinajstić information content (AvgIpc) is 2.97. The highest BCUT2D eigenvalue weighted by Gasteiger charge is 2.66. The highest BCUT2D eigenvalue weighted by atomic mass is 32.2. The molecule has 3 fully saturated rings. The molecule has 5 atom stereocenters. The van der Waals surface area contributed by atoms with E-state index in [1.807, 2.05) is 0 Å². The molecular weight excluding hydrogens is 268 g/mol. The Labute approximate surface area is 113 Å². The number of hydrogen-bond acceptors (Lipinski definition) is 5. The third-order valence-corrected chi connectivity index (χ3v) is 5.61. The normalized spacial score (nSPS) is 46.3. The lowest BCUT2D eigenvalue weighted by atomic mass is 9.90. The third-order valence-electron chi connectivity index (χ3n) is 5.02. The topological polar surface area (TPSA) is 61.8 Å². The summed E-state index contributed by atoms with van der Waals surface area (Å²) in [7, 11) is -3.44. The van der Waals surface area contributed by atoms with Gasteiger partial charge in [0.15, 0.2) is 5.79 Å². The first-order valence-corrected chi connectivity index (χ1v) is 8.65. The molecule has 4 rings (SSSR count). The Morgan fingerprint density at radius 1 is 1.21 bits per heavy atom. The largest absolute Gasteiger partial charge is 0.347 e. The van der Waals surface area contributed by atoms with Gasteiger partial charge < -0.3 is 9.47 Å². The summed E-state index contributed by atoms with van der Waals surface area (Å²) >= 11 is 0. The molecule has 0 aromatic heterocycles. The summed E-state index contributed by atoms with van der Waals surface area (Å²) in [4.78, 5) is 0. The smallest absolute Gasteiger partial charge is 0.264 e. The first-order chi connectivity index (χ1) is 8.99. The Kier molecular flexibility index (Phi) is 2.47. The summed E-state index contributed by atoms with van der Waals surface area (Å²) in [6.07, 6.45) is 6.86. The van der Waals surface area contributed by atoms with E-state index < -0.39 is 15.9 Å². The fourth-order valence-corrected chi connectivity index (χ4v) is 5.29. The second-order valence-corrected chi connectivity index (χ2v) is 7.70. The van der Waals surface area contributed by atoms with Gasteiger partial charge in [0.05, 0.1) is 25.6 Å². The summed E-state index contributed by atoms with van der Waals surface area (Å²) in [5, 5.41) is 0. The van der Waals surface area contributed by atoms with E-state index in [2.05, 4.69) is 12.2 Å². The second-order valence-electron chi connectivity index (χ2n) is 6.10. The highest BCUT2D eigenvalue weighted by molar-refractivity contribution is 7.86. The Balaban J connectivity index is 1.70. The van der Waals surface area contributed by atoms with Gasteiger partial charge in [-0.2, -0.15) is 8.42 Å². The number of fused-ring (bicyclic) bond motifs is 1. The van der Waals surface area contributed by atoms with E-state index in [-0.39, 0.29) is 12.0 Å². The van der Waals surface area contributed by atoms with Gasteiger partial charge in [-0.1, -0.05) is 12.2 Å². The van der Waals surface area contributed by atoms with E-state index in [1.54, 1.807) is 0 Å². The lowest BCUT2D eigenvalue weighted by Gasteiger charge is -2.32. The zero-order valence-electron chi connectivity index (χ0n) is 10.8. The molecule has 3 aliphatic carbocycles. The van der Waals surface area contributed by atoms with Crippen LogP contribution in [0.25, 0.3) is 0 Å². The van der Waals surface area contributed by atoms with Crippen molar-refractivity contribution in [3.05, 3.63) is 12.2 Å². The molecule has 1 aliphatic heterocycles. The highest BCUT2D eigenvalue weighted by Crippen LogP contribution is 2.62. The van der Waals surface area contributed by atoms with Crippen molar-refractivity contribution < 1.29 is 22.1 Å². The fraction of sp³-hybridized carbons (Fsp3) is 0.846. The molecule has 0 aromatic carbocycles. The molecule has 0 aromatic rings. The van der Waals surface area contributed by atoms with E-state index in [1.165, 1.54) is 0 Å². The monoisotopic (exact) mass is 286 g/mol. The average molecular weight is 286 g/mol. The molecule has 6 heteroatoms. The van der Waals surface area contributed by atoms with Gasteiger partial charge in [-0.25, -0.2) is 0 Å². The minimum atomic E-state index is -3.44. The van der Waals surface area contributed by atoms with Crippen molar-refractivity contribution in [3.63, 3.8) is 0 Å². The van der Waals surface area contributed by atoms with Crippen LogP contribution in [0.1, 0.15) is 12.8 Å². The van der Waals surface area contributed by atoms with Gasteiger partial charge >= 0.3 is 0 Å². The quantitative estimate of drug-likeness (QED) is 0.558. The van der Waals surface area contributed by atoms with Crippen LogP contribution < -0.4 is 0 Å². The van der Waals surface area contributed by atoms with Crippen molar-refractivity contribution in [2.75, 3.05) is 19.5 Å². The van der Waals surface area contributed by atoms with Gasteiger partial charge in [0.2, 0.25) is 0 Å². The molecule has 0 amide bonds. The zero-order valence-corrected chi connectivity index (χ0v) is 11.6. The van der Waals surface area contributed by atoms with Crippen LogP contribution in [0.2, 0.25) is 0 Å². The van der Waals surface area contributed by atoms with Crippen LogP contribution in [0.3, 0.4) is 0 Å². The van der Waals surface area contributed by atoms with E-state index in [0.29, 0.717) is 31.0 Å². The molecule has 0 radical (unpaired) electrons. The molecule has 1 spiro atoms. The van der Waals surface area contributed by atoms with Crippen LogP contribution in [-0.4, -0.2) is 39.8 Å². The van der Waals surface area contributed by atoms with E-state index in [9.17, 15) is 8.42 Å². The van der Waals surface area contributed by atoms with Crippen molar-refractivity contribution in [2.24, 2.45) is 23.7 Å². The summed E-state index contributed by atoms with van der Waals surface area (Å²) in [5.74, 6) is 0.708. The lowest BCUT2D eigenvalue weighted by molar-refractivity contribution is -0.198. The van der Waals surface area contributed by atoms with Crippen molar-refractivity contribution in [3.8, 4) is 0 Å². The summed E-state index contributed by atoms with van der Waals surface area (Å²) < 4.78 is 40.0. The van der Waals surface area contributed by atoms with Crippen molar-refractivity contribution in [1.29, 1.82) is 0 Å². The maximum Gasteiger partial charge on any atom is 0.264 e. The summed E-state index contributed by atoms with van der Waals surface area (Å²) in [6, 6.07) is 0. The van der Waals surface area contributed by atoms with Crippen LogP contribution in [0.5, 0.6) is 0 Å². The van der Waals surface area contributed by atoms with Crippen molar-refractivity contribution in [1.82, 2.24) is 0 Å². The molecule has 5 nitrogen and oxygen atoms in total. The molecular formula is C13H18O5S. The number of hydrogen-bond donors (Lipinski definition) is 0. The molecule has 2 saturated carbocycles. The minimum absolute atomic E-state index is 0.0368. The molecule has 106 valence electrons. The van der Waals surface area contributed by atoms with Crippen LogP contribution in [0, 0.1) is 23.7 Å². The van der Waals surface area contributed by atoms with E-state index in [4.69, 9.17) is 13.7 Å². The predicted octanol–water partition coefficient (Wildman–Crippen LogP) is 0.916. The summed E-state index contributed by atoms with van der Waals surface area (Å²) in [6.45, 7) is 1.19. The van der Waals surface area contributed by atoms with Crippen LogP contribution >= 0.6 is 0 Å². The Hall–Kier alpha value is -0.430. The molecule has 0 bridgehead atoms. The predicted molar refractivity (Wildman–Crippen MR) is 66.7 cm³/mol. The molecule has 4 aliphatic rings. The maximum absolute atomic E-state index is 11.5. The maximum atomic E-state index is 11.5. The van der Waals surface area contributed by atoms with Crippen LogP contribution in [0.15, 0.2) is 12.2 Å². The van der Waals surface area contributed by atoms with Gasteiger partial charge in [0.1, 0.15) is 0 Å². The molecule has 1 saturated heterocycles. The van der Waals surface area contributed by atoms with Crippen molar-refractivity contribution >= 4 is 10.1 Å². The third kappa shape index (κ3) is 1.73. The molecule has 0 unspecified atom stereocenters. The standard InChI is InChI=1S/C13H18O5S/c1-19(14,15)18-10-6-8-2-3-9-7-13(12(10)11(8)9)16-4-5-17-13/h2-3,8-12H,4-7H2,1H3/t8-,9+,10+,11+,12-/m0/s1. The number of allylic oxidation sites excluding steroid dienone is 2. The van der Waals surface area contributed by atoms with Crippen LogP contribution in [0.4, 0.5) is 0 Å².